The zero-order valence-electron chi connectivity index (χ0n) is 38.3. The van der Waals surface area contributed by atoms with E-state index in [0.29, 0.717) is 5.92 Å². The van der Waals surface area contributed by atoms with Crippen LogP contribution < -0.4 is 4.90 Å². The minimum absolute atomic E-state index is 0.356. The van der Waals surface area contributed by atoms with Crippen molar-refractivity contribution >= 4 is 49.6 Å². The Balaban J connectivity index is 1.05. The third-order valence-corrected chi connectivity index (χ3v) is 16.0. The Morgan fingerprint density at radius 1 is 0.412 bits per heavy atom. The van der Waals surface area contributed by atoms with Crippen molar-refractivity contribution in [1.29, 1.82) is 0 Å². The molecule has 3 aliphatic rings. The number of rotatable bonds is 5. The normalized spacial score (nSPS) is 16.3. The van der Waals surface area contributed by atoms with E-state index in [9.17, 15) is 0 Å². The molecule has 1 fully saturated rings. The summed E-state index contributed by atoms with van der Waals surface area (Å²) in [7, 11) is 0. The van der Waals surface area contributed by atoms with Gasteiger partial charge in [0.15, 0.2) is 0 Å². The molecule has 0 radical (unpaired) electrons. The Morgan fingerprint density at radius 3 is 2.00 bits per heavy atom. The first-order valence-electron chi connectivity index (χ1n) is 24.6. The number of benzene rings is 10. The summed E-state index contributed by atoms with van der Waals surface area (Å²) >= 11 is 0. The van der Waals surface area contributed by atoms with Gasteiger partial charge in [0.1, 0.15) is 0 Å². The van der Waals surface area contributed by atoms with E-state index in [0.717, 1.165) is 17.1 Å². The molecule has 14 rings (SSSR count). The Labute approximate surface area is 398 Å². The van der Waals surface area contributed by atoms with Gasteiger partial charge in [-0.1, -0.05) is 183 Å². The monoisotopic (exact) mass is 870 g/mol. The van der Waals surface area contributed by atoms with E-state index in [4.69, 9.17) is 0 Å². The fourth-order valence-electron chi connectivity index (χ4n) is 12.6. The maximum atomic E-state index is 2.60. The predicted octanol–water partition coefficient (Wildman–Crippen LogP) is 18.1. The molecule has 0 amide bonds. The van der Waals surface area contributed by atoms with Gasteiger partial charge in [0.05, 0.1) is 22.4 Å². The summed E-state index contributed by atoms with van der Waals surface area (Å²) in [4.78, 5) is 2.60. The highest BCUT2D eigenvalue weighted by molar-refractivity contribution is 6.13. The maximum absolute atomic E-state index is 2.60. The topological polar surface area (TPSA) is 8.17 Å². The van der Waals surface area contributed by atoms with Crippen LogP contribution in [0.4, 0.5) is 17.1 Å². The van der Waals surface area contributed by atoms with E-state index >= 15 is 0 Å². The van der Waals surface area contributed by atoms with Gasteiger partial charge in [-0.3, -0.25) is 0 Å². The summed E-state index contributed by atoms with van der Waals surface area (Å²) in [6, 6.07) is 83.0. The van der Waals surface area contributed by atoms with Crippen molar-refractivity contribution < 1.29 is 0 Å². The Kier molecular flexibility index (Phi) is 8.83. The van der Waals surface area contributed by atoms with Crippen LogP contribution in [0.5, 0.6) is 0 Å². The largest absolute Gasteiger partial charge is 0.309 e. The molecule has 0 N–H and O–H groups in total. The molecule has 1 aliphatic heterocycles. The van der Waals surface area contributed by atoms with Crippen LogP contribution in [0.1, 0.15) is 67.2 Å². The smallest absolute Gasteiger partial charge is 0.0618 e. The fraction of sp³-hybridized carbons (Fsp3) is 0.121. The van der Waals surface area contributed by atoms with Gasteiger partial charge in [-0.2, -0.15) is 0 Å². The highest BCUT2D eigenvalue weighted by Gasteiger charge is 2.42. The first-order valence-corrected chi connectivity index (χ1v) is 24.6. The molecular weight excluding hydrogens is 821 g/mol. The lowest BCUT2D eigenvalue weighted by molar-refractivity contribution is 0.443. The molecule has 324 valence electrons. The van der Waals surface area contributed by atoms with E-state index in [2.05, 4.69) is 235 Å². The highest BCUT2D eigenvalue weighted by Crippen LogP contribution is 2.57. The molecule has 2 aliphatic carbocycles. The quantitative estimate of drug-likeness (QED) is 0.167. The number of nitrogens with zero attached hydrogens (tertiary/aromatic N) is 2. The number of fused-ring (bicyclic) bond motifs is 13. The first kappa shape index (κ1) is 39.2. The third kappa shape index (κ3) is 5.90. The summed E-state index contributed by atoms with van der Waals surface area (Å²) in [5, 5.41) is 4.92. The third-order valence-electron chi connectivity index (χ3n) is 16.0. The number of para-hydroxylation sites is 2. The lowest BCUT2D eigenvalue weighted by Gasteiger charge is -2.35. The molecule has 2 heterocycles. The summed E-state index contributed by atoms with van der Waals surface area (Å²) < 4.78 is 2.43. The van der Waals surface area contributed by atoms with E-state index < -0.39 is 0 Å². The molecule has 0 spiro atoms. The van der Waals surface area contributed by atoms with Gasteiger partial charge in [-0.05, 0) is 141 Å². The van der Waals surface area contributed by atoms with Crippen molar-refractivity contribution in [2.45, 2.75) is 50.4 Å². The van der Waals surface area contributed by atoms with Crippen LogP contribution in [0.3, 0.4) is 0 Å². The molecule has 68 heavy (non-hydrogen) atoms. The van der Waals surface area contributed by atoms with Crippen molar-refractivity contribution in [2.24, 2.45) is 0 Å². The molecule has 11 aromatic rings. The van der Waals surface area contributed by atoms with Crippen molar-refractivity contribution in [2.75, 3.05) is 4.90 Å². The van der Waals surface area contributed by atoms with Crippen LogP contribution in [0.25, 0.3) is 82.8 Å². The van der Waals surface area contributed by atoms with E-state index in [-0.39, 0.29) is 5.41 Å². The van der Waals surface area contributed by atoms with E-state index in [1.165, 1.54) is 137 Å². The molecular formula is C66H50N2. The summed E-state index contributed by atoms with van der Waals surface area (Å²) in [6.45, 7) is 2.45. The molecule has 2 nitrogen and oxygen atoms in total. The number of hydrogen-bond donors (Lipinski definition) is 0. The zero-order chi connectivity index (χ0) is 44.9. The lowest BCUT2D eigenvalue weighted by atomic mass is 9.73. The molecule has 1 unspecified atom stereocenters. The van der Waals surface area contributed by atoms with Crippen LogP contribution in [-0.2, 0) is 5.41 Å². The van der Waals surface area contributed by atoms with Gasteiger partial charge in [0.25, 0.3) is 0 Å². The molecule has 1 atom stereocenters. The van der Waals surface area contributed by atoms with Crippen LogP contribution in [0.15, 0.2) is 218 Å². The lowest BCUT2D eigenvalue weighted by Crippen LogP contribution is -2.23. The number of anilines is 3. The molecule has 1 aromatic heterocycles. The fourth-order valence-corrected chi connectivity index (χ4v) is 12.6. The number of hydrogen-bond acceptors (Lipinski definition) is 1. The van der Waals surface area contributed by atoms with Crippen molar-refractivity contribution in [3.05, 3.63) is 241 Å². The van der Waals surface area contributed by atoms with Gasteiger partial charge in [0, 0.05) is 44.1 Å². The van der Waals surface area contributed by atoms with Crippen LogP contribution >= 0.6 is 0 Å². The van der Waals surface area contributed by atoms with E-state index in [1.54, 1.807) is 0 Å². The predicted molar refractivity (Wildman–Crippen MR) is 286 cm³/mol. The average molecular weight is 871 g/mol. The second kappa shape index (κ2) is 15.3. The second-order valence-corrected chi connectivity index (χ2v) is 19.6. The summed E-state index contributed by atoms with van der Waals surface area (Å²) in [5.41, 5.74) is 22.1. The SMILES string of the molecule is CC12c3cccc(c3)-c3cc(-c4ccc(C5CCCCC5)cc4)ccc3N(c3c(-c4ccc5c6ccccc6n(-c6ccccc6)c5c4)ccc4ccccc34)c3ccc(c1c3)-c1ccccc12. The van der Waals surface area contributed by atoms with Crippen molar-refractivity contribution in [1.82, 2.24) is 4.57 Å². The summed E-state index contributed by atoms with van der Waals surface area (Å²) in [6.07, 6.45) is 6.65. The standard InChI is InChI=1S/C66H50N2/c1-66-50-19-14-18-48(39-50)59-40-47(45-29-27-44(28-30-45)43-15-4-2-5-16-43)33-38-63(59)68(52-34-37-56(61(66)42-52)55-23-10-12-25-60(55)66)65-53-22-9-8-17-46(53)31-35-54(65)49-32-36-58-57-24-11-13-26-62(57)67(64(58)41-49)51-20-6-3-7-21-51/h3,6-14,17-43H,2,4-5,15-16H2,1H3. The van der Waals surface area contributed by atoms with Crippen LogP contribution in [0.2, 0.25) is 0 Å². The van der Waals surface area contributed by atoms with Crippen molar-refractivity contribution in [3.8, 4) is 50.2 Å². The first-order chi connectivity index (χ1) is 33.6. The van der Waals surface area contributed by atoms with Gasteiger partial charge in [-0.25, -0.2) is 0 Å². The zero-order valence-corrected chi connectivity index (χ0v) is 38.3. The van der Waals surface area contributed by atoms with Crippen LogP contribution in [-0.4, -0.2) is 4.57 Å². The van der Waals surface area contributed by atoms with E-state index in [1.807, 2.05) is 0 Å². The molecule has 10 aromatic carbocycles. The molecule has 0 saturated heterocycles. The maximum Gasteiger partial charge on any atom is 0.0618 e. The Hall–Kier alpha value is -7.94. The van der Waals surface area contributed by atoms with Crippen LogP contribution in [0, 0.1) is 0 Å². The van der Waals surface area contributed by atoms with Crippen molar-refractivity contribution in [3.63, 3.8) is 0 Å². The summed E-state index contributed by atoms with van der Waals surface area (Å²) in [5.74, 6) is 0.674. The Bertz CT molecular complexity index is 3790. The highest BCUT2D eigenvalue weighted by atomic mass is 15.1. The Morgan fingerprint density at radius 2 is 1.12 bits per heavy atom. The molecule has 4 bridgehead atoms. The molecule has 1 saturated carbocycles. The average Bonchev–Trinajstić information content (AvgIpc) is 3.88. The minimum Gasteiger partial charge on any atom is -0.309 e. The molecule has 2 heteroatoms. The van der Waals surface area contributed by atoms with Gasteiger partial charge in [0.2, 0.25) is 0 Å². The second-order valence-electron chi connectivity index (χ2n) is 19.6. The van der Waals surface area contributed by atoms with Gasteiger partial charge in [-0.15, -0.1) is 0 Å². The number of aromatic nitrogens is 1. The minimum atomic E-state index is -0.356. The van der Waals surface area contributed by atoms with Gasteiger partial charge >= 0.3 is 0 Å². The van der Waals surface area contributed by atoms with Gasteiger partial charge < -0.3 is 9.47 Å².